The molecular formula is C11H16N2O. The van der Waals surface area contributed by atoms with Crippen molar-refractivity contribution in [3.8, 4) is 0 Å². The minimum absolute atomic E-state index is 0.628. The van der Waals surface area contributed by atoms with Gasteiger partial charge in [-0.3, -0.25) is 0 Å². The number of nitrogens with one attached hydrogen (secondary N) is 1. The molecule has 0 radical (unpaired) electrons. The Morgan fingerprint density at radius 1 is 1.43 bits per heavy atom. The SMILES string of the molecule is c1nc(C2CCC2)oc1CC1CNC1. The van der Waals surface area contributed by atoms with Crippen LogP contribution < -0.4 is 5.32 Å². The molecule has 1 N–H and O–H groups in total. The summed E-state index contributed by atoms with van der Waals surface area (Å²) in [6.07, 6.45) is 6.86. The average Bonchev–Trinajstić information content (AvgIpc) is 2.42. The highest BCUT2D eigenvalue weighted by Gasteiger charge is 2.25. The average molecular weight is 192 g/mol. The van der Waals surface area contributed by atoms with Gasteiger partial charge in [-0.2, -0.15) is 0 Å². The number of rotatable bonds is 3. The number of aromatic nitrogens is 1. The smallest absolute Gasteiger partial charge is 0.197 e. The van der Waals surface area contributed by atoms with Gasteiger partial charge < -0.3 is 9.73 Å². The first kappa shape index (κ1) is 8.48. The predicted octanol–water partition coefficient (Wildman–Crippen LogP) is 1.70. The van der Waals surface area contributed by atoms with Crippen molar-refractivity contribution in [3.63, 3.8) is 0 Å². The summed E-state index contributed by atoms with van der Waals surface area (Å²) in [6, 6.07) is 0. The van der Waals surface area contributed by atoms with Crippen molar-refractivity contribution < 1.29 is 4.42 Å². The monoisotopic (exact) mass is 192 g/mol. The Balaban J connectivity index is 1.63. The molecule has 2 fully saturated rings. The zero-order valence-electron chi connectivity index (χ0n) is 8.33. The lowest BCUT2D eigenvalue weighted by atomic mass is 9.85. The molecule has 14 heavy (non-hydrogen) atoms. The Labute approximate surface area is 83.9 Å². The fourth-order valence-corrected chi connectivity index (χ4v) is 2.04. The number of nitrogens with zero attached hydrogens (tertiary/aromatic N) is 1. The van der Waals surface area contributed by atoms with Crippen molar-refractivity contribution in [2.45, 2.75) is 31.6 Å². The summed E-state index contributed by atoms with van der Waals surface area (Å²) in [6.45, 7) is 2.28. The van der Waals surface area contributed by atoms with Gasteiger partial charge in [0.25, 0.3) is 0 Å². The van der Waals surface area contributed by atoms with Crippen LogP contribution >= 0.6 is 0 Å². The minimum atomic E-state index is 0.628. The highest BCUT2D eigenvalue weighted by Crippen LogP contribution is 2.35. The van der Waals surface area contributed by atoms with E-state index in [-0.39, 0.29) is 0 Å². The van der Waals surface area contributed by atoms with Gasteiger partial charge in [-0.05, 0) is 31.8 Å². The maximum Gasteiger partial charge on any atom is 0.197 e. The lowest BCUT2D eigenvalue weighted by Crippen LogP contribution is -2.42. The second-order valence-corrected chi connectivity index (χ2v) is 4.52. The number of hydrogen-bond acceptors (Lipinski definition) is 3. The molecule has 0 amide bonds. The number of oxazole rings is 1. The third-order valence-corrected chi connectivity index (χ3v) is 3.38. The summed E-state index contributed by atoms with van der Waals surface area (Å²) in [4.78, 5) is 4.36. The molecule has 1 aliphatic heterocycles. The maximum absolute atomic E-state index is 5.76. The first-order valence-corrected chi connectivity index (χ1v) is 5.57. The van der Waals surface area contributed by atoms with E-state index in [1.54, 1.807) is 0 Å². The van der Waals surface area contributed by atoms with Crippen molar-refractivity contribution in [3.05, 3.63) is 17.8 Å². The van der Waals surface area contributed by atoms with E-state index in [9.17, 15) is 0 Å². The third-order valence-electron chi connectivity index (χ3n) is 3.38. The quantitative estimate of drug-likeness (QED) is 0.792. The second-order valence-electron chi connectivity index (χ2n) is 4.52. The van der Waals surface area contributed by atoms with E-state index in [0.717, 1.165) is 37.1 Å². The zero-order chi connectivity index (χ0) is 9.38. The van der Waals surface area contributed by atoms with Gasteiger partial charge >= 0.3 is 0 Å². The second kappa shape index (κ2) is 3.39. The summed E-state index contributed by atoms with van der Waals surface area (Å²) in [5.74, 6) is 3.47. The van der Waals surface area contributed by atoms with Crippen molar-refractivity contribution in [2.24, 2.45) is 5.92 Å². The van der Waals surface area contributed by atoms with Gasteiger partial charge in [-0.25, -0.2) is 4.98 Å². The lowest BCUT2D eigenvalue weighted by Gasteiger charge is -2.26. The van der Waals surface area contributed by atoms with Gasteiger partial charge in [0.15, 0.2) is 5.89 Å². The van der Waals surface area contributed by atoms with Crippen LogP contribution in [0.4, 0.5) is 0 Å². The Kier molecular flexibility index (Phi) is 2.05. The van der Waals surface area contributed by atoms with E-state index >= 15 is 0 Å². The standard InChI is InChI=1S/C11H16N2O/c1-2-9(3-1)11-13-7-10(14-11)4-8-5-12-6-8/h7-9,12H,1-6H2. The van der Waals surface area contributed by atoms with Crippen molar-refractivity contribution in [1.82, 2.24) is 10.3 Å². The molecule has 76 valence electrons. The van der Waals surface area contributed by atoms with Crippen molar-refractivity contribution in [1.29, 1.82) is 0 Å². The minimum Gasteiger partial charge on any atom is -0.445 e. The molecule has 1 aromatic rings. The van der Waals surface area contributed by atoms with Gasteiger partial charge in [0.2, 0.25) is 0 Å². The molecule has 3 nitrogen and oxygen atoms in total. The Hall–Kier alpha value is -0.830. The highest BCUT2D eigenvalue weighted by atomic mass is 16.4. The van der Waals surface area contributed by atoms with Crippen LogP contribution in [0.3, 0.4) is 0 Å². The third kappa shape index (κ3) is 1.46. The first-order chi connectivity index (χ1) is 6.92. The normalized spacial score (nSPS) is 23.1. The maximum atomic E-state index is 5.76. The van der Waals surface area contributed by atoms with Crippen LogP contribution in [0.15, 0.2) is 10.6 Å². The Morgan fingerprint density at radius 3 is 2.86 bits per heavy atom. The first-order valence-electron chi connectivity index (χ1n) is 5.57. The van der Waals surface area contributed by atoms with Gasteiger partial charge in [0, 0.05) is 12.3 Å². The molecule has 0 atom stereocenters. The summed E-state index contributed by atoms with van der Waals surface area (Å²) in [7, 11) is 0. The summed E-state index contributed by atoms with van der Waals surface area (Å²) < 4.78 is 5.76. The zero-order valence-corrected chi connectivity index (χ0v) is 8.33. The van der Waals surface area contributed by atoms with Gasteiger partial charge in [-0.15, -0.1) is 0 Å². The Morgan fingerprint density at radius 2 is 2.29 bits per heavy atom. The van der Waals surface area contributed by atoms with E-state index in [1.165, 1.54) is 19.3 Å². The van der Waals surface area contributed by atoms with Crippen LogP contribution in [-0.4, -0.2) is 18.1 Å². The fraction of sp³-hybridized carbons (Fsp3) is 0.727. The molecule has 0 unspecified atom stereocenters. The summed E-state index contributed by atoms with van der Waals surface area (Å²) in [5, 5.41) is 3.27. The molecule has 3 rings (SSSR count). The molecule has 0 aromatic carbocycles. The molecule has 0 bridgehead atoms. The van der Waals surface area contributed by atoms with E-state index < -0.39 is 0 Å². The molecule has 1 saturated carbocycles. The molecule has 0 spiro atoms. The van der Waals surface area contributed by atoms with Gasteiger partial charge in [0.1, 0.15) is 5.76 Å². The largest absolute Gasteiger partial charge is 0.445 e. The molecule has 3 heteroatoms. The van der Waals surface area contributed by atoms with Crippen LogP contribution in [0.25, 0.3) is 0 Å². The molecule has 1 aliphatic carbocycles. The molecular weight excluding hydrogens is 176 g/mol. The summed E-state index contributed by atoms with van der Waals surface area (Å²) in [5.41, 5.74) is 0. The van der Waals surface area contributed by atoms with Gasteiger partial charge in [-0.1, -0.05) is 6.42 Å². The lowest BCUT2D eigenvalue weighted by molar-refractivity contribution is 0.294. The number of hydrogen-bond donors (Lipinski definition) is 1. The van der Waals surface area contributed by atoms with Crippen LogP contribution in [0.2, 0.25) is 0 Å². The topological polar surface area (TPSA) is 38.1 Å². The molecule has 1 aromatic heterocycles. The fourth-order valence-electron chi connectivity index (χ4n) is 2.04. The van der Waals surface area contributed by atoms with E-state index in [1.807, 2.05) is 6.20 Å². The van der Waals surface area contributed by atoms with Crippen LogP contribution in [0, 0.1) is 5.92 Å². The molecule has 1 saturated heterocycles. The predicted molar refractivity (Wildman–Crippen MR) is 53.2 cm³/mol. The Bertz CT molecular complexity index is 313. The van der Waals surface area contributed by atoms with E-state index in [4.69, 9.17) is 4.42 Å². The molecule has 2 aliphatic rings. The van der Waals surface area contributed by atoms with Crippen molar-refractivity contribution in [2.75, 3.05) is 13.1 Å². The van der Waals surface area contributed by atoms with Crippen LogP contribution in [0.5, 0.6) is 0 Å². The van der Waals surface area contributed by atoms with E-state index in [2.05, 4.69) is 10.3 Å². The highest BCUT2D eigenvalue weighted by molar-refractivity contribution is 5.03. The molecule has 2 heterocycles. The summed E-state index contributed by atoms with van der Waals surface area (Å²) >= 11 is 0. The van der Waals surface area contributed by atoms with Crippen LogP contribution in [0.1, 0.15) is 36.8 Å². The van der Waals surface area contributed by atoms with Crippen molar-refractivity contribution >= 4 is 0 Å². The van der Waals surface area contributed by atoms with Crippen LogP contribution in [-0.2, 0) is 6.42 Å². The van der Waals surface area contributed by atoms with E-state index in [0.29, 0.717) is 5.92 Å². The van der Waals surface area contributed by atoms with Gasteiger partial charge in [0.05, 0.1) is 6.20 Å².